The highest BCUT2D eigenvalue weighted by atomic mass is 16.5. The minimum atomic E-state index is 0.115. The highest BCUT2D eigenvalue weighted by molar-refractivity contribution is 5.78. The molecular formula is C18H24N2O3. The molecule has 1 aromatic rings. The summed E-state index contributed by atoms with van der Waals surface area (Å²) in [5, 5.41) is 0. The summed E-state index contributed by atoms with van der Waals surface area (Å²) in [7, 11) is 0. The SMILES string of the molecule is O=C1CO[C@H]2CN(C3CCOCC3)C[C@H]2N1Cc1ccccc1. The molecule has 124 valence electrons. The van der Waals surface area contributed by atoms with Crippen LogP contribution in [0.15, 0.2) is 30.3 Å². The molecule has 5 nitrogen and oxygen atoms in total. The van der Waals surface area contributed by atoms with Gasteiger partial charge in [0.15, 0.2) is 0 Å². The largest absolute Gasteiger partial charge is 0.381 e. The number of likely N-dealkylation sites (tertiary alicyclic amines) is 1. The minimum Gasteiger partial charge on any atom is -0.381 e. The first kappa shape index (κ1) is 15.1. The van der Waals surface area contributed by atoms with Crippen LogP contribution in [0.25, 0.3) is 0 Å². The number of amides is 1. The molecule has 0 unspecified atom stereocenters. The van der Waals surface area contributed by atoms with Crippen molar-refractivity contribution in [2.45, 2.75) is 37.6 Å². The number of ether oxygens (including phenoxy) is 2. The highest BCUT2D eigenvalue weighted by Gasteiger charge is 2.44. The van der Waals surface area contributed by atoms with E-state index in [1.165, 1.54) is 5.56 Å². The lowest BCUT2D eigenvalue weighted by Gasteiger charge is -2.37. The lowest BCUT2D eigenvalue weighted by molar-refractivity contribution is -0.153. The van der Waals surface area contributed by atoms with Crippen molar-refractivity contribution >= 4 is 5.91 Å². The second-order valence-corrected chi connectivity index (χ2v) is 6.72. The van der Waals surface area contributed by atoms with Gasteiger partial charge in [0, 0.05) is 38.9 Å². The molecular weight excluding hydrogens is 292 g/mol. The zero-order chi connectivity index (χ0) is 15.6. The Kier molecular flexibility index (Phi) is 4.33. The average Bonchev–Trinajstić information content (AvgIpc) is 3.04. The van der Waals surface area contributed by atoms with Gasteiger partial charge in [0.1, 0.15) is 6.61 Å². The van der Waals surface area contributed by atoms with Crippen molar-refractivity contribution in [2.75, 3.05) is 32.9 Å². The predicted octanol–water partition coefficient (Wildman–Crippen LogP) is 1.28. The number of hydrogen-bond donors (Lipinski definition) is 0. The highest BCUT2D eigenvalue weighted by Crippen LogP contribution is 2.28. The maximum Gasteiger partial charge on any atom is 0.249 e. The van der Waals surface area contributed by atoms with Crippen LogP contribution in [0.1, 0.15) is 18.4 Å². The van der Waals surface area contributed by atoms with Crippen molar-refractivity contribution in [1.29, 1.82) is 0 Å². The van der Waals surface area contributed by atoms with Gasteiger partial charge in [0.25, 0.3) is 0 Å². The third-order valence-corrected chi connectivity index (χ3v) is 5.31. The van der Waals surface area contributed by atoms with Crippen molar-refractivity contribution in [3.63, 3.8) is 0 Å². The van der Waals surface area contributed by atoms with Crippen molar-refractivity contribution in [2.24, 2.45) is 0 Å². The fourth-order valence-electron chi connectivity index (χ4n) is 4.03. The van der Waals surface area contributed by atoms with E-state index in [4.69, 9.17) is 9.47 Å². The average molecular weight is 316 g/mol. The normalized spacial score (nSPS) is 29.7. The maximum absolute atomic E-state index is 12.4. The van der Waals surface area contributed by atoms with Gasteiger partial charge < -0.3 is 14.4 Å². The fourth-order valence-corrected chi connectivity index (χ4v) is 4.03. The second kappa shape index (κ2) is 6.59. The second-order valence-electron chi connectivity index (χ2n) is 6.72. The molecule has 0 saturated carbocycles. The molecule has 0 aliphatic carbocycles. The Hall–Kier alpha value is -1.43. The van der Waals surface area contributed by atoms with E-state index in [0.717, 1.165) is 39.1 Å². The Morgan fingerprint density at radius 2 is 1.87 bits per heavy atom. The Bertz CT molecular complexity index is 544. The number of carbonyl (C=O) groups excluding carboxylic acids is 1. The summed E-state index contributed by atoms with van der Waals surface area (Å²) in [6.45, 7) is 4.47. The summed E-state index contributed by atoms with van der Waals surface area (Å²) in [4.78, 5) is 16.9. The van der Waals surface area contributed by atoms with E-state index in [-0.39, 0.29) is 24.7 Å². The maximum atomic E-state index is 12.4. The molecule has 3 saturated heterocycles. The standard InChI is InChI=1S/C18H24N2O3/c21-18-13-23-17-12-19(15-6-8-22-9-7-15)11-16(17)20(18)10-14-4-2-1-3-5-14/h1-5,15-17H,6-13H2/t16-,17+/m1/s1. The molecule has 23 heavy (non-hydrogen) atoms. The molecule has 0 N–H and O–H groups in total. The number of hydrogen-bond acceptors (Lipinski definition) is 4. The molecule has 0 bridgehead atoms. The van der Waals surface area contributed by atoms with Crippen LogP contribution in [-0.4, -0.2) is 66.8 Å². The smallest absolute Gasteiger partial charge is 0.249 e. The van der Waals surface area contributed by atoms with Crippen molar-refractivity contribution in [3.8, 4) is 0 Å². The van der Waals surface area contributed by atoms with Crippen LogP contribution in [0, 0.1) is 0 Å². The number of carbonyl (C=O) groups is 1. The topological polar surface area (TPSA) is 42.0 Å². The van der Waals surface area contributed by atoms with Crippen LogP contribution in [0.3, 0.4) is 0 Å². The number of nitrogens with zero attached hydrogens (tertiary/aromatic N) is 2. The Morgan fingerprint density at radius 1 is 1.09 bits per heavy atom. The molecule has 0 radical (unpaired) electrons. The van der Waals surface area contributed by atoms with Gasteiger partial charge in [-0.3, -0.25) is 9.69 Å². The Morgan fingerprint density at radius 3 is 2.65 bits per heavy atom. The number of rotatable bonds is 3. The molecule has 3 heterocycles. The summed E-state index contributed by atoms with van der Waals surface area (Å²) in [6, 6.07) is 11.0. The molecule has 3 fully saturated rings. The number of benzene rings is 1. The van der Waals surface area contributed by atoms with Crippen molar-refractivity contribution in [1.82, 2.24) is 9.80 Å². The van der Waals surface area contributed by atoms with Gasteiger partial charge in [0.2, 0.25) is 5.91 Å². The zero-order valence-corrected chi connectivity index (χ0v) is 13.4. The monoisotopic (exact) mass is 316 g/mol. The molecule has 0 aromatic heterocycles. The molecule has 2 atom stereocenters. The van der Waals surface area contributed by atoms with E-state index in [1.54, 1.807) is 0 Å². The first-order valence-electron chi connectivity index (χ1n) is 8.58. The first-order valence-corrected chi connectivity index (χ1v) is 8.58. The summed E-state index contributed by atoms with van der Waals surface area (Å²) < 4.78 is 11.3. The van der Waals surface area contributed by atoms with Gasteiger partial charge in [-0.2, -0.15) is 0 Å². The zero-order valence-electron chi connectivity index (χ0n) is 13.4. The van der Waals surface area contributed by atoms with E-state index in [2.05, 4.69) is 17.0 Å². The minimum absolute atomic E-state index is 0.115. The molecule has 1 amide bonds. The summed E-state index contributed by atoms with van der Waals surface area (Å²) in [5.41, 5.74) is 1.19. The molecule has 1 aromatic carbocycles. The number of morpholine rings is 1. The summed E-state index contributed by atoms with van der Waals surface area (Å²) in [6.07, 6.45) is 2.33. The molecule has 3 aliphatic heterocycles. The van der Waals surface area contributed by atoms with Gasteiger partial charge in [0.05, 0.1) is 12.1 Å². The van der Waals surface area contributed by atoms with Crippen LogP contribution < -0.4 is 0 Å². The fraction of sp³-hybridized carbons (Fsp3) is 0.611. The molecule has 4 rings (SSSR count). The van der Waals surface area contributed by atoms with E-state index in [9.17, 15) is 4.79 Å². The quantitative estimate of drug-likeness (QED) is 0.842. The van der Waals surface area contributed by atoms with Crippen LogP contribution in [0.4, 0.5) is 0 Å². The van der Waals surface area contributed by atoms with Gasteiger partial charge in [-0.25, -0.2) is 0 Å². The van der Waals surface area contributed by atoms with Crippen LogP contribution in [0.2, 0.25) is 0 Å². The third-order valence-electron chi connectivity index (χ3n) is 5.31. The van der Waals surface area contributed by atoms with Crippen molar-refractivity contribution in [3.05, 3.63) is 35.9 Å². The number of fused-ring (bicyclic) bond motifs is 1. The van der Waals surface area contributed by atoms with Gasteiger partial charge in [-0.15, -0.1) is 0 Å². The van der Waals surface area contributed by atoms with E-state index in [0.29, 0.717) is 12.6 Å². The lowest BCUT2D eigenvalue weighted by Crippen LogP contribution is -2.53. The first-order chi connectivity index (χ1) is 11.3. The van der Waals surface area contributed by atoms with Crippen LogP contribution in [0.5, 0.6) is 0 Å². The van der Waals surface area contributed by atoms with Gasteiger partial charge in [-0.05, 0) is 18.4 Å². The van der Waals surface area contributed by atoms with E-state index >= 15 is 0 Å². The van der Waals surface area contributed by atoms with Gasteiger partial charge >= 0.3 is 0 Å². The molecule has 0 spiro atoms. The Labute approximate surface area is 137 Å². The summed E-state index contributed by atoms with van der Waals surface area (Å²) in [5.74, 6) is 0.115. The molecule has 5 heteroatoms. The summed E-state index contributed by atoms with van der Waals surface area (Å²) >= 11 is 0. The third kappa shape index (κ3) is 3.13. The van der Waals surface area contributed by atoms with Crippen LogP contribution >= 0.6 is 0 Å². The van der Waals surface area contributed by atoms with Crippen molar-refractivity contribution < 1.29 is 14.3 Å². The Balaban J connectivity index is 1.47. The van der Waals surface area contributed by atoms with Gasteiger partial charge in [-0.1, -0.05) is 30.3 Å². The molecule has 3 aliphatic rings. The van der Waals surface area contributed by atoms with Crippen LogP contribution in [-0.2, 0) is 20.8 Å². The van der Waals surface area contributed by atoms with E-state index < -0.39 is 0 Å². The predicted molar refractivity (Wildman–Crippen MR) is 85.9 cm³/mol. The van der Waals surface area contributed by atoms with E-state index in [1.807, 2.05) is 23.1 Å². The lowest BCUT2D eigenvalue weighted by atomic mass is 10.1.